The predicted molar refractivity (Wildman–Crippen MR) is 253 cm³/mol. The van der Waals surface area contributed by atoms with Crippen molar-refractivity contribution >= 4 is 67.0 Å². The fourth-order valence-electron chi connectivity index (χ4n) is 7.74. The number of nitrogens with zero attached hydrogens (tertiary/aromatic N) is 1. The summed E-state index contributed by atoms with van der Waals surface area (Å²) in [6.07, 6.45) is -0.309. The summed E-state index contributed by atoms with van der Waals surface area (Å²) in [5, 5.41) is 5.90. The van der Waals surface area contributed by atoms with E-state index in [2.05, 4.69) is 5.32 Å². The molecule has 5 aromatic rings. The van der Waals surface area contributed by atoms with Crippen molar-refractivity contribution in [2.24, 2.45) is 17.8 Å². The Balaban J connectivity index is 1.73. The molecule has 0 aliphatic carbocycles. The zero-order valence-electron chi connectivity index (χ0n) is 37.4. The molecule has 0 aromatic heterocycles. The zero-order chi connectivity index (χ0) is 46.5. The van der Waals surface area contributed by atoms with E-state index in [9.17, 15) is 31.1 Å². The van der Waals surface area contributed by atoms with Gasteiger partial charge >= 0.3 is 0 Å². The third-order valence-corrected chi connectivity index (χ3v) is 18.0. The van der Waals surface area contributed by atoms with Crippen LogP contribution in [0.15, 0.2) is 115 Å². The van der Waals surface area contributed by atoms with Crippen LogP contribution in [-0.2, 0) is 57.9 Å². The Hall–Kier alpha value is -4.68. The molecule has 0 heterocycles. The van der Waals surface area contributed by atoms with Crippen molar-refractivity contribution in [2.75, 3.05) is 11.5 Å². The highest BCUT2D eigenvalue weighted by Crippen LogP contribution is 2.32. The van der Waals surface area contributed by atoms with Gasteiger partial charge in [-0.3, -0.25) is 23.8 Å². The SMILES string of the molecule is CC(C)[C@@H](C(=O)NC(Cc1ccccc1)[PH](=O)O)N(C(=O)C(Cc1cccc2ccccc12)CS(=O)(=O)C(C)(C)C)C(=O)[C@H](Cc1cccc2ccccc12)CS(=O)(=O)C(C)(C)C. The highest BCUT2D eigenvalue weighted by atomic mass is 32.2. The number of amides is 3. The van der Waals surface area contributed by atoms with E-state index in [1.54, 1.807) is 68.4 Å². The molecule has 0 aliphatic heterocycles. The maximum atomic E-state index is 15.7. The lowest BCUT2D eigenvalue weighted by Crippen LogP contribution is -2.60. The van der Waals surface area contributed by atoms with E-state index in [4.69, 9.17) is 0 Å². The topological polar surface area (TPSA) is 172 Å². The molecular formula is C49H61N2O9PS2. The molecule has 3 unspecified atom stereocenters. The van der Waals surface area contributed by atoms with Crippen molar-refractivity contribution in [2.45, 2.75) is 96.0 Å². The standard InChI is InChI=1S/C49H61N2O9PS2/c1-33(2)44(45(52)50-43(61(55)56)28-34-18-10-9-11-19-34)51(46(53)39(31-62(57,58)48(3,4)5)29-37-24-16-22-35-20-12-14-26-41(35)37)47(54)40(32-63(59,60)49(6,7)8)30-38-25-17-23-36-21-13-15-27-42(36)38/h9-27,33,39-40,43-44,61H,28-32H2,1-8H3,(H,50,52)(H,55,56)/t39-,40?,43?,44+/m1/s1. The summed E-state index contributed by atoms with van der Waals surface area (Å²) in [4.78, 5) is 57.6. The van der Waals surface area contributed by atoms with Crippen LogP contribution in [0.5, 0.6) is 0 Å². The van der Waals surface area contributed by atoms with Gasteiger partial charge < -0.3 is 10.2 Å². The van der Waals surface area contributed by atoms with Crippen LogP contribution in [0.2, 0.25) is 0 Å². The Morgan fingerprint density at radius 1 is 0.603 bits per heavy atom. The average Bonchev–Trinajstić information content (AvgIpc) is 3.21. The minimum atomic E-state index is -4.07. The number of carbonyl (C=O) groups excluding carboxylic acids is 3. The van der Waals surface area contributed by atoms with Gasteiger partial charge in [0.05, 0.1) is 32.8 Å². The minimum Gasteiger partial charge on any atom is -0.345 e. The summed E-state index contributed by atoms with van der Waals surface area (Å²) in [5.74, 6) is -9.20. The first-order chi connectivity index (χ1) is 29.4. The van der Waals surface area contributed by atoms with Crippen molar-refractivity contribution in [3.8, 4) is 0 Å². The Morgan fingerprint density at radius 3 is 1.40 bits per heavy atom. The Labute approximate surface area is 373 Å². The average molecular weight is 917 g/mol. The van der Waals surface area contributed by atoms with Gasteiger partial charge in [-0.2, -0.15) is 0 Å². The van der Waals surface area contributed by atoms with E-state index >= 15 is 9.59 Å². The molecule has 5 aromatic carbocycles. The van der Waals surface area contributed by atoms with Gasteiger partial charge in [-0.15, -0.1) is 0 Å². The van der Waals surface area contributed by atoms with Gasteiger partial charge in [0.25, 0.3) is 0 Å². The molecule has 11 nitrogen and oxygen atoms in total. The molecule has 5 rings (SSSR count). The minimum absolute atomic E-state index is 0.0331. The lowest BCUT2D eigenvalue weighted by molar-refractivity contribution is -0.157. The van der Waals surface area contributed by atoms with Crippen molar-refractivity contribution in [1.29, 1.82) is 0 Å². The van der Waals surface area contributed by atoms with Crippen molar-refractivity contribution in [1.82, 2.24) is 10.2 Å². The molecule has 14 heteroatoms. The number of hydrogen-bond acceptors (Lipinski definition) is 8. The molecular weight excluding hydrogens is 856 g/mol. The predicted octanol–water partition coefficient (Wildman–Crippen LogP) is 7.97. The number of rotatable bonds is 17. The van der Waals surface area contributed by atoms with Crippen LogP contribution in [0.3, 0.4) is 0 Å². The summed E-state index contributed by atoms with van der Waals surface area (Å²) in [6, 6.07) is 33.0. The molecule has 3 amide bonds. The van der Waals surface area contributed by atoms with Gasteiger partial charge in [-0.1, -0.05) is 129 Å². The van der Waals surface area contributed by atoms with Gasteiger partial charge in [-0.25, -0.2) is 16.8 Å². The highest BCUT2D eigenvalue weighted by molar-refractivity contribution is 7.93. The van der Waals surface area contributed by atoms with E-state index in [1.807, 2.05) is 60.7 Å². The molecule has 0 spiro atoms. The normalized spacial score (nSPS) is 15.1. The van der Waals surface area contributed by atoms with Gasteiger partial charge in [0, 0.05) is 6.42 Å². The van der Waals surface area contributed by atoms with Gasteiger partial charge in [-0.05, 0) is 98.5 Å². The van der Waals surface area contributed by atoms with Crippen LogP contribution in [0.25, 0.3) is 21.5 Å². The zero-order valence-corrected chi connectivity index (χ0v) is 40.0. The summed E-state index contributed by atoms with van der Waals surface area (Å²) < 4.78 is 66.9. The Morgan fingerprint density at radius 2 is 1.00 bits per heavy atom. The second kappa shape index (κ2) is 20.0. The molecule has 0 bridgehead atoms. The first-order valence-electron chi connectivity index (χ1n) is 21.2. The van der Waals surface area contributed by atoms with Gasteiger partial charge in [0.15, 0.2) is 19.7 Å². The summed E-state index contributed by atoms with van der Waals surface area (Å²) in [6.45, 7) is 12.4. The molecule has 338 valence electrons. The monoisotopic (exact) mass is 916 g/mol. The van der Waals surface area contributed by atoms with Crippen molar-refractivity contribution in [3.63, 3.8) is 0 Å². The van der Waals surface area contributed by atoms with Crippen molar-refractivity contribution < 1.29 is 40.7 Å². The molecule has 2 N–H and O–H groups in total. The van der Waals surface area contributed by atoms with Gasteiger partial charge in [0.2, 0.25) is 25.7 Å². The number of sulfone groups is 2. The molecule has 0 fully saturated rings. The molecule has 0 saturated heterocycles. The second-order valence-electron chi connectivity index (χ2n) is 18.7. The number of carbonyl (C=O) groups is 3. The maximum Gasteiger partial charge on any atom is 0.244 e. The molecule has 0 aliphatic rings. The molecule has 63 heavy (non-hydrogen) atoms. The Bertz CT molecular complexity index is 2540. The number of benzene rings is 5. The van der Waals surface area contributed by atoms with Crippen LogP contribution in [-0.4, -0.2) is 77.2 Å². The number of hydrogen-bond donors (Lipinski definition) is 2. The fraction of sp³-hybridized carbons (Fsp3) is 0.408. The highest BCUT2D eigenvalue weighted by Gasteiger charge is 2.46. The quantitative estimate of drug-likeness (QED) is 0.0878. The van der Waals surface area contributed by atoms with Crippen LogP contribution in [0.1, 0.15) is 72.1 Å². The van der Waals surface area contributed by atoms with E-state index in [0.717, 1.165) is 26.4 Å². The number of fused-ring (bicyclic) bond motifs is 2. The summed E-state index contributed by atoms with van der Waals surface area (Å²) >= 11 is 0. The largest absolute Gasteiger partial charge is 0.345 e. The van der Waals surface area contributed by atoms with E-state index in [1.165, 1.54) is 41.5 Å². The summed E-state index contributed by atoms with van der Waals surface area (Å²) in [5.41, 5.74) is 1.93. The van der Waals surface area contributed by atoms with Crippen molar-refractivity contribution in [3.05, 3.63) is 132 Å². The second-order valence-corrected chi connectivity index (χ2v) is 25.6. The maximum absolute atomic E-state index is 15.7. The number of nitrogens with one attached hydrogen (secondary N) is 1. The third kappa shape index (κ3) is 11.9. The van der Waals surface area contributed by atoms with E-state index in [-0.39, 0.29) is 19.3 Å². The first-order valence-corrected chi connectivity index (χ1v) is 26.0. The third-order valence-electron chi connectivity index (χ3n) is 11.6. The van der Waals surface area contributed by atoms with Crippen LogP contribution in [0.4, 0.5) is 0 Å². The van der Waals surface area contributed by atoms with Gasteiger partial charge in [0.1, 0.15) is 11.8 Å². The lowest BCUT2D eigenvalue weighted by Gasteiger charge is -2.38. The van der Waals surface area contributed by atoms with Crippen LogP contribution >= 0.6 is 8.03 Å². The number of imide groups is 1. The van der Waals surface area contributed by atoms with E-state index in [0.29, 0.717) is 16.7 Å². The van der Waals surface area contributed by atoms with E-state index < -0.39 is 96.0 Å². The molecule has 0 radical (unpaired) electrons. The Kier molecular flexibility index (Phi) is 15.7. The smallest absolute Gasteiger partial charge is 0.244 e. The lowest BCUT2D eigenvalue weighted by atomic mass is 9.90. The molecule has 5 atom stereocenters. The summed E-state index contributed by atoms with van der Waals surface area (Å²) in [7, 11) is -11.6. The molecule has 0 saturated carbocycles. The first kappa shape index (κ1) is 49.3. The fourth-order valence-corrected chi connectivity index (χ4v) is 11.0. The van der Waals surface area contributed by atoms with Crippen LogP contribution in [0, 0.1) is 17.8 Å². The van der Waals surface area contributed by atoms with Crippen LogP contribution < -0.4 is 5.32 Å².